The molecule has 10 heavy (non-hydrogen) atoms. The molecule has 0 atom stereocenters. The molecular weight excluding hydrogens is 202 g/mol. The van der Waals surface area contributed by atoms with Gasteiger partial charge in [-0.05, 0) is 23.0 Å². The first kappa shape index (κ1) is 7.20. The first-order valence-corrected chi connectivity index (χ1v) is 3.14. The van der Waals surface area contributed by atoms with Gasteiger partial charge in [-0.25, -0.2) is 0 Å². The Balaban J connectivity index is 2.88. The summed E-state index contributed by atoms with van der Waals surface area (Å²) in [6.07, 6.45) is 0. The van der Waals surface area contributed by atoms with Gasteiger partial charge in [0.1, 0.15) is 0 Å². The molecule has 0 radical (unpaired) electrons. The summed E-state index contributed by atoms with van der Waals surface area (Å²) in [6, 6.07) is 0. The lowest BCUT2D eigenvalue weighted by Crippen LogP contribution is -2.07. The third-order valence-corrected chi connectivity index (χ3v) is 1.13. The van der Waals surface area contributed by atoms with Crippen LogP contribution in [0.3, 0.4) is 0 Å². The number of hydrogen-bond donors (Lipinski definition) is 0. The smallest absolute Gasteiger partial charge is 0.220 e. The summed E-state index contributed by atoms with van der Waals surface area (Å²) in [5.41, 5.74) is 0. The van der Waals surface area contributed by atoms with Crippen molar-refractivity contribution in [2.24, 2.45) is 15.2 Å². The van der Waals surface area contributed by atoms with Gasteiger partial charge in [0.25, 0.3) is 0 Å². The zero-order valence-electron chi connectivity index (χ0n) is 5.04. The quantitative estimate of drug-likeness (QED) is 0.457. The van der Waals surface area contributed by atoms with Crippen LogP contribution in [0.5, 0.6) is 0 Å². The van der Waals surface area contributed by atoms with Crippen LogP contribution < -0.4 is 5.11 Å². The molecule has 54 valence electrons. The van der Waals surface area contributed by atoms with Crippen LogP contribution in [0.2, 0.25) is 0 Å². The van der Waals surface area contributed by atoms with E-state index in [4.69, 9.17) is 0 Å². The predicted molar refractivity (Wildman–Crippen MR) is 35.3 cm³/mol. The summed E-state index contributed by atoms with van der Waals surface area (Å²) >= 11 is 2.94. The largest absolute Gasteiger partial charge is 0.614 e. The molecule has 0 fully saturated rings. The monoisotopic (exact) mass is 204 g/mol. The maximum Gasteiger partial charge on any atom is 0.220 e. The molecule has 6 heteroatoms. The van der Waals surface area contributed by atoms with Gasteiger partial charge in [-0.2, -0.15) is 4.99 Å². The highest BCUT2D eigenvalue weighted by atomic mass is 79.9. The fourth-order valence-electron chi connectivity index (χ4n) is 0.398. The van der Waals surface area contributed by atoms with Crippen LogP contribution in [-0.2, 0) is 4.74 Å². The molecule has 0 bridgehead atoms. The van der Waals surface area contributed by atoms with Gasteiger partial charge in [0.05, 0.1) is 5.95 Å². The number of rotatable bonds is 1. The summed E-state index contributed by atoms with van der Waals surface area (Å²) in [4.78, 5) is 3.60. The zero-order chi connectivity index (χ0) is 7.56. The first-order valence-electron chi connectivity index (χ1n) is 2.35. The fourth-order valence-corrected chi connectivity index (χ4v) is 0.646. The van der Waals surface area contributed by atoms with Crippen LogP contribution >= 0.6 is 15.9 Å². The van der Waals surface area contributed by atoms with Crippen molar-refractivity contribution in [1.29, 1.82) is 0 Å². The SMILES string of the molecule is COC([O-])=C1N=NC(Br)=N1. The molecule has 0 aromatic carbocycles. The van der Waals surface area contributed by atoms with E-state index in [0.29, 0.717) is 0 Å². The average molecular weight is 205 g/mol. The van der Waals surface area contributed by atoms with Gasteiger partial charge in [-0.15, -0.1) is 10.2 Å². The van der Waals surface area contributed by atoms with Crippen LogP contribution in [0, 0.1) is 0 Å². The highest BCUT2D eigenvalue weighted by Crippen LogP contribution is 2.14. The Morgan fingerprint density at radius 2 is 2.30 bits per heavy atom. The van der Waals surface area contributed by atoms with Crippen LogP contribution in [-0.4, -0.2) is 11.9 Å². The molecule has 1 heterocycles. The summed E-state index contributed by atoms with van der Waals surface area (Å²) < 4.78 is 4.61. The summed E-state index contributed by atoms with van der Waals surface area (Å²) in [6.45, 7) is 0. The van der Waals surface area contributed by atoms with Crippen LogP contribution in [0.15, 0.2) is 27.0 Å². The first-order chi connectivity index (χ1) is 4.74. The van der Waals surface area contributed by atoms with E-state index in [1.165, 1.54) is 7.11 Å². The van der Waals surface area contributed by atoms with Gasteiger partial charge >= 0.3 is 0 Å². The van der Waals surface area contributed by atoms with E-state index in [2.05, 4.69) is 35.9 Å². The van der Waals surface area contributed by atoms with E-state index in [1.807, 2.05) is 0 Å². The van der Waals surface area contributed by atoms with E-state index < -0.39 is 5.95 Å². The van der Waals surface area contributed by atoms with Crippen LogP contribution in [0.25, 0.3) is 0 Å². The zero-order valence-corrected chi connectivity index (χ0v) is 6.62. The summed E-state index contributed by atoms with van der Waals surface area (Å²) in [5.74, 6) is -0.618. The standard InChI is InChI=1S/C4H4BrN3O2/c1-10-3(9)2-6-4(5)8-7-2/h9H,1H3/p-1. The van der Waals surface area contributed by atoms with Gasteiger partial charge < -0.3 is 9.84 Å². The Kier molecular flexibility index (Phi) is 2.00. The molecular formula is C4H3BrN3O2-. The topological polar surface area (TPSA) is 69.4 Å². The average Bonchev–Trinajstić information content (AvgIpc) is 2.34. The molecule has 0 unspecified atom stereocenters. The van der Waals surface area contributed by atoms with E-state index >= 15 is 0 Å². The second-order valence-electron chi connectivity index (χ2n) is 1.40. The Bertz CT molecular complexity index is 233. The minimum absolute atomic E-state index is 0.0330. The van der Waals surface area contributed by atoms with E-state index in [0.717, 1.165) is 0 Å². The Morgan fingerprint density at radius 1 is 1.60 bits per heavy atom. The molecule has 5 nitrogen and oxygen atoms in total. The minimum atomic E-state index is -0.585. The highest BCUT2D eigenvalue weighted by Gasteiger charge is 2.04. The highest BCUT2D eigenvalue weighted by molar-refractivity contribution is 9.18. The lowest BCUT2D eigenvalue weighted by Gasteiger charge is -2.06. The molecule has 0 N–H and O–H groups in total. The summed E-state index contributed by atoms with van der Waals surface area (Å²) in [7, 11) is 1.26. The molecule has 0 spiro atoms. The second-order valence-corrected chi connectivity index (χ2v) is 2.11. The van der Waals surface area contributed by atoms with E-state index in [9.17, 15) is 5.11 Å². The second kappa shape index (κ2) is 2.78. The number of ether oxygens (including phenoxy) is 1. The molecule has 1 aliphatic rings. The number of hydrogen-bond acceptors (Lipinski definition) is 5. The van der Waals surface area contributed by atoms with Gasteiger partial charge in [0.2, 0.25) is 4.74 Å². The van der Waals surface area contributed by atoms with Gasteiger partial charge in [0.15, 0.2) is 5.82 Å². The van der Waals surface area contributed by atoms with Crippen molar-refractivity contribution < 1.29 is 9.84 Å². The molecule has 1 rings (SSSR count). The van der Waals surface area contributed by atoms with E-state index in [-0.39, 0.29) is 10.6 Å². The summed E-state index contributed by atoms with van der Waals surface area (Å²) in [5, 5.41) is 17.5. The number of halogens is 1. The van der Waals surface area contributed by atoms with Crippen molar-refractivity contribution in [1.82, 2.24) is 0 Å². The fraction of sp³-hybridized carbons (Fsp3) is 0.250. The molecule has 1 aliphatic heterocycles. The van der Waals surface area contributed by atoms with Crippen molar-refractivity contribution in [3.63, 3.8) is 0 Å². The maximum absolute atomic E-state index is 10.6. The van der Waals surface area contributed by atoms with Crippen LogP contribution in [0.4, 0.5) is 0 Å². The van der Waals surface area contributed by atoms with Crippen molar-refractivity contribution >= 4 is 20.7 Å². The van der Waals surface area contributed by atoms with Gasteiger partial charge in [0, 0.05) is 0 Å². The molecule has 0 aliphatic carbocycles. The molecule has 0 amide bonds. The van der Waals surface area contributed by atoms with Crippen molar-refractivity contribution in [3.8, 4) is 0 Å². The number of azo groups is 1. The number of methoxy groups -OCH3 is 1. The van der Waals surface area contributed by atoms with Gasteiger partial charge in [-0.1, -0.05) is 0 Å². The normalized spacial score (nSPS) is 20.8. The minimum Gasteiger partial charge on any atom is -0.614 e. The number of amidine groups is 1. The van der Waals surface area contributed by atoms with Crippen molar-refractivity contribution in [2.75, 3.05) is 7.11 Å². The molecule has 0 saturated heterocycles. The molecule has 0 saturated carbocycles. The van der Waals surface area contributed by atoms with Crippen LogP contribution in [0.1, 0.15) is 0 Å². The van der Waals surface area contributed by atoms with Gasteiger partial charge in [-0.3, -0.25) is 0 Å². The Morgan fingerprint density at radius 3 is 2.70 bits per heavy atom. The third-order valence-electron chi connectivity index (χ3n) is 0.793. The molecule has 0 aromatic rings. The Labute approximate surface area is 65.3 Å². The Hall–Kier alpha value is -0.910. The lowest BCUT2D eigenvalue weighted by atomic mass is 10.8. The lowest BCUT2D eigenvalue weighted by molar-refractivity contribution is -0.355. The third kappa shape index (κ3) is 1.32. The van der Waals surface area contributed by atoms with E-state index in [1.54, 1.807) is 0 Å². The van der Waals surface area contributed by atoms with Crippen molar-refractivity contribution in [3.05, 3.63) is 11.8 Å². The predicted octanol–water partition coefficient (Wildman–Crippen LogP) is 0.336. The number of aliphatic imine (C=N–C) groups is 1. The number of nitrogens with zero attached hydrogens (tertiary/aromatic N) is 3. The maximum atomic E-state index is 10.6. The van der Waals surface area contributed by atoms with Crippen molar-refractivity contribution in [2.45, 2.75) is 0 Å². The molecule has 0 aromatic heterocycles.